The zero-order chi connectivity index (χ0) is 10.6. The van der Waals surface area contributed by atoms with E-state index in [1.165, 1.54) is 6.92 Å². The zero-order valence-corrected chi connectivity index (χ0v) is 7.70. The highest BCUT2D eigenvalue weighted by Crippen LogP contribution is 2.04. The van der Waals surface area contributed by atoms with E-state index in [9.17, 15) is 9.59 Å². The fourth-order valence-electron chi connectivity index (χ4n) is 0.851. The van der Waals surface area contributed by atoms with Gasteiger partial charge in [-0.1, -0.05) is 0 Å². The van der Waals surface area contributed by atoms with Gasteiger partial charge >= 0.3 is 0 Å². The number of hydrogen-bond acceptors (Lipinski definition) is 3. The molecule has 0 fully saturated rings. The van der Waals surface area contributed by atoms with Gasteiger partial charge in [0.2, 0.25) is 5.91 Å². The average Bonchev–Trinajstić information content (AvgIpc) is 2.15. The predicted molar refractivity (Wildman–Crippen MR) is 52.1 cm³/mol. The minimum Gasteiger partial charge on any atom is -0.399 e. The Morgan fingerprint density at radius 2 is 1.71 bits per heavy atom. The van der Waals surface area contributed by atoms with Gasteiger partial charge in [-0.3, -0.25) is 20.4 Å². The van der Waals surface area contributed by atoms with Crippen molar-refractivity contribution < 1.29 is 9.59 Å². The first-order chi connectivity index (χ1) is 6.59. The maximum atomic E-state index is 11.3. The predicted octanol–water partition coefficient (Wildman–Crippen LogP) is 0.0497. The highest BCUT2D eigenvalue weighted by Gasteiger charge is 2.03. The Balaban J connectivity index is 2.61. The van der Waals surface area contributed by atoms with E-state index < -0.39 is 0 Å². The molecule has 0 saturated carbocycles. The molecule has 14 heavy (non-hydrogen) atoms. The normalized spacial score (nSPS) is 9.21. The van der Waals surface area contributed by atoms with Gasteiger partial charge in [0.25, 0.3) is 5.91 Å². The molecule has 0 bridgehead atoms. The summed E-state index contributed by atoms with van der Waals surface area (Å²) < 4.78 is 0. The van der Waals surface area contributed by atoms with Crippen molar-refractivity contribution in [3.8, 4) is 0 Å². The van der Waals surface area contributed by atoms with Gasteiger partial charge in [-0.05, 0) is 24.3 Å². The molecule has 0 radical (unpaired) electrons. The molecule has 5 heteroatoms. The minimum absolute atomic E-state index is 0.325. The summed E-state index contributed by atoms with van der Waals surface area (Å²) in [7, 11) is 0. The third kappa shape index (κ3) is 2.78. The number of carbonyl (C=O) groups is 2. The molecule has 0 heterocycles. The van der Waals surface area contributed by atoms with Crippen LogP contribution < -0.4 is 16.6 Å². The molecule has 0 unspecified atom stereocenters. The third-order valence-electron chi connectivity index (χ3n) is 1.52. The molecule has 0 aromatic heterocycles. The van der Waals surface area contributed by atoms with Crippen molar-refractivity contribution in [2.45, 2.75) is 6.92 Å². The molecule has 0 aliphatic heterocycles. The molecule has 4 N–H and O–H groups in total. The van der Waals surface area contributed by atoms with Crippen molar-refractivity contribution in [3.05, 3.63) is 29.8 Å². The van der Waals surface area contributed by atoms with Crippen LogP contribution in [0.25, 0.3) is 0 Å². The molecule has 0 aliphatic rings. The summed E-state index contributed by atoms with van der Waals surface area (Å²) in [5.41, 5.74) is 10.9. The molecule has 2 amide bonds. The van der Waals surface area contributed by atoms with Gasteiger partial charge in [-0.25, -0.2) is 0 Å². The fourth-order valence-corrected chi connectivity index (χ4v) is 0.851. The van der Waals surface area contributed by atoms with Gasteiger partial charge in [0, 0.05) is 18.2 Å². The topological polar surface area (TPSA) is 84.2 Å². The minimum atomic E-state index is -0.375. The summed E-state index contributed by atoms with van der Waals surface area (Å²) in [6, 6.07) is 6.38. The number of nitrogens with two attached hydrogens (primary N) is 1. The van der Waals surface area contributed by atoms with Gasteiger partial charge in [0.15, 0.2) is 0 Å². The van der Waals surface area contributed by atoms with Crippen molar-refractivity contribution in [1.29, 1.82) is 0 Å². The van der Waals surface area contributed by atoms with Gasteiger partial charge in [0.05, 0.1) is 0 Å². The molecule has 1 rings (SSSR count). The molecule has 0 saturated heterocycles. The number of benzene rings is 1. The van der Waals surface area contributed by atoms with Crippen LogP contribution in [0.4, 0.5) is 5.69 Å². The lowest BCUT2D eigenvalue weighted by Gasteiger charge is -2.04. The van der Waals surface area contributed by atoms with E-state index in [0.29, 0.717) is 11.3 Å². The Morgan fingerprint density at radius 3 is 2.21 bits per heavy atom. The van der Waals surface area contributed by atoms with Gasteiger partial charge < -0.3 is 5.73 Å². The zero-order valence-electron chi connectivity index (χ0n) is 7.70. The number of nitrogens with one attached hydrogen (secondary N) is 2. The molecule has 74 valence electrons. The molecular weight excluding hydrogens is 182 g/mol. The molecule has 0 spiro atoms. The third-order valence-corrected chi connectivity index (χ3v) is 1.52. The SMILES string of the molecule is CC(=O)NNC(=O)c1ccc(N)cc1. The summed E-state index contributed by atoms with van der Waals surface area (Å²) in [6.45, 7) is 1.31. The van der Waals surface area contributed by atoms with Crippen LogP contribution in [-0.4, -0.2) is 11.8 Å². The van der Waals surface area contributed by atoms with E-state index in [4.69, 9.17) is 5.73 Å². The molecule has 0 aliphatic carbocycles. The number of nitrogen functional groups attached to an aromatic ring is 1. The lowest BCUT2D eigenvalue weighted by atomic mass is 10.2. The van der Waals surface area contributed by atoms with E-state index in [-0.39, 0.29) is 11.8 Å². The molecule has 5 nitrogen and oxygen atoms in total. The highest BCUT2D eigenvalue weighted by atomic mass is 16.2. The van der Waals surface area contributed by atoms with Crippen molar-refractivity contribution in [1.82, 2.24) is 10.9 Å². The maximum Gasteiger partial charge on any atom is 0.269 e. The van der Waals surface area contributed by atoms with Crippen LogP contribution >= 0.6 is 0 Å². The smallest absolute Gasteiger partial charge is 0.269 e. The van der Waals surface area contributed by atoms with Crippen LogP contribution in [0.15, 0.2) is 24.3 Å². The van der Waals surface area contributed by atoms with Crippen LogP contribution in [-0.2, 0) is 4.79 Å². The van der Waals surface area contributed by atoms with E-state index in [2.05, 4.69) is 10.9 Å². The van der Waals surface area contributed by atoms with Crippen LogP contribution in [0.1, 0.15) is 17.3 Å². The maximum absolute atomic E-state index is 11.3. The van der Waals surface area contributed by atoms with E-state index in [1.807, 2.05) is 0 Å². The van der Waals surface area contributed by atoms with Crippen molar-refractivity contribution in [3.63, 3.8) is 0 Å². The summed E-state index contributed by atoms with van der Waals surface area (Å²) >= 11 is 0. The second kappa shape index (κ2) is 4.27. The van der Waals surface area contributed by atoms with Gasteiger partial charge in [-0.15, -0.1) is 0 Å². The Morgan fingerprint density at radius 1 is 1.14 bits per heavy atom. The second-order valence-electron chi connectivity index (χ2n) is 2.76. The van der Waals surface area contributed by atoms with Crippen LogP contribution in [0.5, 0.6) is 0 Å². The number of carbonyl (C=O) groups excluding carboxylic acids is 2. The van der Waals surface area contributed by atoms with E-state index in [1.54, 1.807) is 24.3 Å². The van der Waals surface area contributed by atoms with Crippen molar-refractivity contribution in [2.24, 2.45) is 0 Å². The highest BCUT2D eigenvalue weighted by molar-refractivity contribution is 5.95. The van der Waals surface area contributed by atoms with Crippen molar-refractivity contribution in [2.75, 3.05) is 5.73 Å². The largest absolute Gasteiger partial charge is 0.399 e. The van der Waals surface area contributed by atoms with Crippen LogP contribution in [0, 0.1) is 0 Å². The average molecular weight is 193 g/mol. The molecule has 1 aromatic rings. The number of amides is 2. The summed E-state index contributed by atoms with van der Waals surface area (Å²) in [5.74, 6) is -0.700. The Kier molecular flexibility index (Phi) is 3.06. The quantitative estimate of drug-likeness (QED) is 0.435. The summed E-state index contributed by atoms with van der Waals surface area (Å²) in [6.07, 6.45) is 0. The van der Waals surface area contributed by atoms with Gasteiger partial charge in [0.1, 0.15) is 0 Å². The van der Waals surface area contributed by atoms with Crippen LogP contribution in [0.3, 0.4) is 0 Å². The van der Waals surface area contributed by atoms with Crippen LogP contribution in [0.2, 0.25) is 0 Å². The molecule has 0 atom stereocenters. The lowest BCUT2D eigenvalue weighted by Crippen LogP contribution is -2.40. The number of hydrogen-bond donors (Lipinski definition) is 3. The van der Waals surface area contributed by atoms with Gasteiger partial charge in [-0.2, -0.15) is 0 Å². The van der Waals surface area contributed by atoms with Crippen molar-refractivity contribution >= 4 is 17.5 Å². The first-order valence-electron chi connectivity index (χ1n) is 4.02. The first-order valence-corrected chi connectivity index (χ1v) is 4.02. The number of rotatable bonds is 1. The Bertz CT molecular complexity index is 346. The summed E-state index contributed by atoms with van der Waals surface area (Å²) in [4.78, 5) is 21.8. The second-order valence-corrected chi connectivity index (χ2v) is 2.76. The number of anilines is 1. The summed E-state index contributed by atoms with van der Waals surface area (Å²) in [5, 5.41) is 0. The Hall–Kier alpha value is -2.04. The van der Waals surface area contributed by atoms with E-state index in [0.717, 1.165) is 0 Å². The lowest BCUT2D eigenvalue weighted by molar-refractivity contribution is -0.119. The Labute approximate surface area is 81.3 Å². The molecular formula is C9H11N3O2. The first kappa shape index (κ1) is 10.0. The monoisotopic (exact) mass is 193 g/mol. The standard InChI is InChI=1S/C9H11N3O2/c1-6(13)11-12-9(14)7-2-4-8(10)5-3-7/h2-5H,10H2,1H3,(H,11,13)(H,12,14). The fraction of sp³-hybridized carbons (Fsp3) is 0.111. The molecule has 1 aromatic carbocycles. The number of hydrazine groups is 1. The van der Waals surface area contributed by atoms with E-state index >= 15 is 0 Å².